The second-order valence-electron chi connectivity index (χ2n) is 5.41. The van der Waals surface area contributed by atoms with Crippen molar-refractivity contribution in [2.45, 2.75) is 12.8 Å². The number of amides is 1. The number of carbonyl (C=O) groups is 1. The van der Waals surface area contributed by atoms with E-state index < -0.39 is 0 Å². The molecule has 1 aliphatic carbocycles. The number of halogens is 1. The summed E-state index contributed by atoms with van der Waals surface area (Å²) in [5.41, 5.74) is 0.679. The second kappa shape index (κ2) is 5.59. The summed E-state index contributed by atoms with van der Waals surface area (Å²) in [4.78, 5) is 20.8. The van der Waals surface area contributed by atoms with Crippen LogP contribution in [0.2, 0.25) is 0 Å². The Morgan fingerprint density at radius 1 is 1.26 bits per heavy atom. The number of piperazine rings is 1. The first kappa shape index (κ1) is 13.1. The van der Waals surface area contributed by atoms with Gasteiger partial charge in [0.2, 0.25) is 0 Å². The molecule has 0 bridgehead atoms. The second-order valence-corrected chi connectivity index (χ2v) is 6.22. The molecular weight excluding hydrogens is 306 g/mol. The van der Waals surface area contributed by atoms with E-state index in [4.69, 9.17) is 0 Å². The fraction of sp³-hybridized carbons (Fsp3) is 0.571. The van der Waals surface area contributed by atoms with Crippen LogP contribution in [0.4, 0.5) is 0 Å². The molecule has 1 amide bonds. The molecule has 3 rings (SSSR count). The summed E-state index contributed by atoms with van der Waals surface area (Å²) < 4.78 is 0.762. The van der Waals surface area contributed by atoms with Gasteiger partial charge in [0.25, 0.3) is 5.91 Å². The van der Waals surface area contributed by atoms with Gasteiger partial charge in [0.05, 0.1) is 5.56 Å². The van der Waals surface area contributed by atoms with Crippen LogP contribution in [0.1, 0.15) is 23.2 Å². The number of hydrogen-bond acceptors (Lipinski definition) is 3. The quantitative estimate of drug-likeness (QED) is 0.798. The number of pyridine rings is 1. The molecule has 0 unspecified atom stereocenters. The largest absolute Gasteiger partial charge is 0.336 e. The van der Waals surface area contributed by atoms with E-state index in [1.807, 2.05) is 17.0 Å². The SMILES string of the molecule is O=C(c1ccc(Br)nc1)N1CCN(CC2CC2)CC1. The van der Waals surface area contributed by atoms with Crippen molar-refractivity contribution in [3.8, 4) is 0 Å². The molecule has 1 aliphatic heterocycles. The molecule has 1 saturated heterocycles. The van der Waals surface area contributed by atoms with Crippen LogP contribution in [-0.4, -0.2) is 53.4 Å². The zero-order valence-electron chi connectivity index (χ0n) is 10.9. The standard InChI is InChI=1S/C14H18BrN3O/c15-13-4-3-12(9-16-13)14(19)18-7-5-17(6-8-18)10-11-1-2-11/h3-4,9,11H,1-2,5-8,10H2. The Morgan fingerprint density at radius 3 is 2.58 bits per heavy atom. The van der Waals surface area contributed by atoms with Crippen molar-refractivity contribution in [3.05, 3.63) is 28.5 Å². The number of hydrogen-bond donors (Lipinski definition) is 0. The minimum absolute atomic E-state index is 0.103. The normalized spacial score (nSPS) is 20.6. The van der Waals surface area contributed by atoms with Gasteiger partial charge < -0.3 is 4.90 Å². The average Bonchev–Trinajstić information content (AvgIpc) is 3.24. The van der Waals surface area contributed by atoms with Crippen molar-refractivity contribution in [2.75, 3.05) is 32.7 Å². The predicted molar refractivity (Wildman–Crippen MR) is 77.0 cm³/mol. The Kier molecular flexibility index (Phi) is 3.84. The zero-order valence-corrected chi connectivity index (χ0v) is 12.5. The molecule has 2 aliphatic rings. The van der Waals surface area contributed by atoms with Gasteiger partial charge in [0, 0.05) is 38.9 Å². The Hall–Kier alpha value is -0.940. The first-order valence-electron chi connectivity index (χ1n) is 6.85. The highest BCUT2D eigenvalue weighted by Crippen LogP contribution is 2.29. The third-order valence-electron chi connectivity index (χ3n) is 3.85. The lowest BCUT2D eigenvalue weighted by atomic mass is 10.2. The summed E-state index contributed by atoms with van der Waals surface area (Å²) in [5, 5.41) is 0. The Labute approximate surface area is 121 Å². The van der Waals surface area contributed by atoms with Crippen LogP contribution in [-0.2, 0) is 0 Å². The van der Waals surface area contributed by atoms with Crippen molar-refractivity contribution in [1.29, 1.82) is 0 Å². The van der Waals surface area contributed by atoms with E-state index in [1.165, 1.54) is 19.4 Å². The number of carbonyl (C=O) groups excluding carboxylic acids is 1. The minimum atomic E-state index is 0.103. The van der Waals surface area contributed by atoms with Gasteiger partial charge in [-0.3, -0.25) is 9.69 Å². The topological polar surface area (TPSA) is 36.4 Å². The van der Waals surface area contributed by atoms with E-state index >= 15 is 0 Å². The fourth-order valence-corrected chi connectivity index (χ4v) is 2.72. The van der Waals surface area contributed by atoms with Gasteiger partial charge in [0.1, 0.15) is 4.60 Å². The van der Waals surface area contributed by atoms with E-state index in [1.54, 1.807) is 6.20 Å². The predicted octanol–water partition coefficient (Wildman–Crippen LogP) is 2.01. The molecule has 102 valence electrons. The lowest BCUT2D eigenvalue weighted by molar-refractivity contribution is 0.0631. The third kappa shape index (κ3) is 3.34. The average molecular weight is 324 g/mol. The summed E-state index contributed by atoms with van der Waals surface area (Å²) in [7, 11) is 0. The molecule has 0 radical (unpaired) electrons. The summed E-state index contributed by atoms with van der Waals surface area (Å²) in [6, 6.07) is 3.65. The van der Waals surface area contributed by atoms with Gasteiger partial charge in [-0.25, -0.2) is 4.98 Å². The number of rotatable bonds is 3. The number of nitrogens with zero attached hydrogens (tertiary/aromatic N) is 3. The van der Waals surface area contributed by atoms with Gasteiger partial charge in [-0.1, -0.05) is 0 Å². The maximum absolute atomic E-state index is 12.3. The molecule has 19 heavy (non-hydrogen) atoms. The van der Waals surface area contributed by atoms with Gasteiger partial charge in [-0.15, -0.1) is 0 Å². The highest BCUT2D eigenvalue weighted by atomic mass is 79.9. The first-order chi connectivity index (χ1) is 9.22. The molecule has 0 aromatic carbocycles. The summed E-state index contributed by atoms with van der Waals surface area (Å²) in [6.07, 6.45) is 4.43. The molecule has 1 aromatic rings. The van der Waals surface area contributed by atoms with Crippen LogP contribution in [0.3, 0.4) is 0 Å². The van der Waals surface area contributed by atoms with E-state index in [9.17, 15) is 4.79 Å². The molecule has 0 spiro atoms. The van der Waals surface area contributed by atoms with E-state index in [0.29, 0.717) is 5.56 Å². The van der Waals surface area contributed by atoms with Gasteiger partial charge >= 0.3 is 0 Å². The molecule has 0 N–H and O–H groups in total. The van der Waals surface area contributed by atoms with Crippen LogP contribution in [0.15, 0.2) is 22.9 Å². The fourth-order valence-electron chi connectivity index (χ4n) is 2.48. The zero-order chi connectivity index (χ0) is 13.2. The van der Waals surface area contributed by atoms with Crippen molar-refractivity contribution >= 4 is 21.8 Å². The maximum atomic E-state index is 12.3. The Balaban J connectivity index is 1.55. The van der Waals surface area contributed by atoms with E-state index in [-0.39, 0.29) is 5.91 Å². The highest BCUT2D eigenvalue weighted by Gasteiger charge is 2.27. The van der Waals surface area contributed by atoms with Crippen molar-refractivity contribution in [1.82, 2.24) is 14.8 Å². The molecule has 1 saturated carbocycles. The Morgan fingerprint density at radius 2 is 2.00 bits per heavy atom. The minimum Gasteiger partial charge on any atom is -0.336 e. The first-order valence-corrected chi connectivity index (χ1v) is 7.65. The van der Waals surface area contributed by atoms with E-state index in [0.717, 1.165) is 36.7 Å². The van der Waals surface area contributed by atoms with E-state index in [2.05, 4.69) is 25.8 Å². The summed E-state index contributed by atoms with van der Waals surface area (Å²) >= 11 is 3.28. The lowest BCUT2D eigenvalue weighted by Crippen LogP contribution is -2.49. The molecule has 4 nitrogen and oxygen atoms in total. The molecule has 1 aromatic heterocycles. The van der Waals surface area contributed by atoms with Crippen LogP contribution >= 0.6 is 15.9 Å². The van der Waals surface area contributed by atoms with Crippen LogP contribution in [0.25, 0.3) is 0 Å². The van der Waals surface area contributed by atoms with Crippen LogP contribution in [0.5, 0.6) is 0 Å². The summed E-state index contributed by atoms with van der Waals surface area (Å²) in [6.45, 7) is 4.91. The maximum Gasteiger partial charge on any atom is 0.255 e. The molecule has 0 atom stereocenters. The molecular formula is C14H18BrN3O. The highest BCUT2D eigenvalue weighted by molar-refractivity contribution is 9.10. The van der Waals surface area contributed by atoms with Gasteiger partial charge in [0.15, 0.2) is 0 Å². The van der Waals surface area contributed by atoms with Crippen LogP contribution < -0.4 is 0 Å². The molecule has 2 fully saturated rings. The van der Waals surface area contributed by atoms with Crippen molar-refractivity contribution in [2.24, 2.45) is 5.92 Å². The lowest BCUT2D eigenvalue weighted by Gasteiger charge is -2.34. The monoisotopic (exact) mass is 323 g/mol. The van der Waals surface area contributed by atoms with Crippen molar-refractivity contribution in [3.63, 3.8) is 0 Å². The Bertz CT molecular complexity index is 450. The van der Waals surface area contributed by atoms with Gasteiger partial charge in [-0.05, 0) is 46.8 Å². The van der Waals surface area contributed by atoms with Gasteiger partial charge in [-0.2, -0.15) is 0 Å². The smallest absolute Gasteiger partial charge is 0.255 e. The molecule has 2 heterocycles. The van der Waals surface area contributed by atoms with Crippen molar-refractivity contribution < 1.29 is 4.79 Å². The number of aromatic nitrogens is 1. The molecule has 5 heteroatoms. The van der Waals surface area contributed by atoms with Crippen LogP contribution in [0, 0.1) is 5.92 Å². The summed E-state index contributed by atoms with van der Waals surface area (Å²) in [5.74, 6) is 1.03. The third-order valence-corrected chi connectivity index (χ3v) is 4.32.